The second kappa shape index (κ2) is 6.42. The molecule has 2 rings (SSSR count). The zero-order chi connectivity index (χ0) is 13.8. The van der Waals surface area contributed by atoms with Gasteiger partial charge in [0.15, 0.2) is 0 Å². The minimum Gasteiger partial charge on any atom is -0.483 e. The molecule has 0 saturated carbocycles. The molecule has 0 aromatic heterocycles. The van der Waals surface area contributed by atoms with Gasteiger partial charge in [0, 0.05) is 11.0 Å². The van der Waals surface area contributed by atoms with Crippen molar-refractivity contribution in [1.82, 2.24) is 0 Å². The first-order valence-electron chi connectivity index (χ1n) is 5.99. The second-order valence-corrected chi connectivity index (χ2v) is 5.60. The van der Waals surface area contributed by atoms with Gasteiger partial charge in [-0.25, -0.2) is 0 Å². The summed E-state index contributed by atoms with van der Waals surface area (Å²) in [5.74, 6) is 0.642. The van der Waals surface area contributed by atoms with E-state index in [9.17, 15) is 0 Å². The minimum absolute atomic E-state index is 0.195. The van der Waals surface area contributed by atoms with Gasteiger partial charge >= 0.3 is 0 Å². The summed E-state index contributed by atoms with van der Waals surface area (Å²) in [7, 11) is 0. The maximum absolute atomic E-state index is 6.16. The first-order valence-corrected chi connectivity index (χ1v) is 7.16. The van der Waals surface area contributed by atoms with E-state index >= 15 is 0 Å². The van der Waals surface area contributed by atoms with Gasteiger partial charge in [0.25, 0.3) is 0 Å². The van der Waals surface area contributed by atoms with E-state index in [0.29, 0.717) is 17.3 Å². The van der Waals surface area contributed by atoms with Crippen molar-refractivity contribution < 1.29 is 4.74 Å². The number of halogens is 2. The van der Waals surface area contributed by atoms with Crippen molar-refractivity contribution >= 4 is 27.5 Å². The van der Waals surface area contributed by atoms with Crippen LogP contribution in [0.4, 0.5) is 0 Å². The standard InChI is InChI=1S/C15H15BrClNO/c1-10-4-2-3-5-12(10)15(9-18)19-14-7-6-11(16)8-13(14)17/h2-8,15H,9,18H2,1H3. The van der Waals surface area contributed by atoms with Crippen LogP contribution in [0, 0.1) is 6.92 Å². The van der Waals surface area contributed by atoms with Gasteiger partial charge < -0.3 is 10.5 Å². The third-order valence-corrected chi connectivity index (χ3v) is 3.70. The smallest absolute Gasteiger partial charge is 0.138 e. The van der Waals surface area contributed by atoms with E-state index in [1.807, 2.05) is 49.4 Å². The third kappa shape index (κ3) is 3.50. The summed E-state index contributed by atoms with van der Waals surface area (Å²) in [6.45, 7) is 2.45. The molecule has 100 valence electrons. The Bertz CT molecular complexity index is 574. The summed E-state index contributed by atoms with van der Waals surface area (Å²) in [5, 5.41) is 0.571. The number of aryl methyl sites for hydroxylation is 1. The molecule has 0 fully saturated rings. The van der Waals surface area contributed by atoms with Crippen molar-refractivity contribution in [3.8, 4) is 5.75 Å². The fourth-order valence-corrected chi connectivity index (χ4v) is 2.63. The van der Waals surface area contributed by atoms with E-state index in [4.69, 9.17) is 22.1 Å². The zero-order valence-electron chi connectivity index (χ0n) is 10.6. The molecule has 1 atom stereocenters. The number of rotatable bonds is 4. The summed E-state index contributed by atoms with van der Waals surface area (Å²) in [6, 6.07) is 13.6. The first kappa shape index (κ1) is 14.4. The highest BCUT2D eigenvalue weighted by Gasteiger charge is 2.15. The van der Waals surface area contributed by atoms with Gasteiger partial charge in [-0.1, -0.05) is 51.8 Å². The normalized spacial score (nSPS) is 12.2. The molecule has 4 heteroatoms. The molecular formula is C15H15BrClNO. The summed E-state index contributed by atoms with van der Waals surface area (Å²) < 4.78 is 6.86. The third-order valence-electron chi connectivity index (χ3n) is 2.91. The average Bonchev–Trinajstić information content (AvgIpc) is 2.39. The van der Waals surface area contributed by atoms with Crippen LogP contribution >= 0.6 is 27.5 Å². The molecule has 0 aliphatic rings. The van der Waals surface area contributed by atoms with Crippen LogP contribution in [0.1, 0.15) is 17.2 Å². The van der Waals surface area contributed by atoms with Crippen molar-refractivity contribution in [3.05, 3.63) is 63.1 Å². The SMILES string of the molecule is Cc1ccccc1C(CN)Oc1ccc(Br)cc1Cl. The summed E-state index contributed by atoms with van der Waals surface area (Å²) in [4.78, 5) is 0. The second-order valence-electron chi connectivity index (χ2n) is 4.27. The largest absolute Gasteiger partial charge is 0.483 e. The van der Waals surface area contributed by atoms with Crippen LogP contribution < -0.4 is 10.5 Å². The Labute approximate surface area is 126 Å². The molecule has 1 unspecified atom stereocenters. The lowest BCUT2D eigenvalue weighted by Gasteiger charge is -2.20. The van der Waals surface area contributed by atoms with E-state index in [0.717, 1.165) is 15.6 Å². The van der Waals surface area contributed by atoms with Gasteiger partial charge in [-0.2, -0.15) is 0 Å². The van der Waals surface area contributed by atoms with Gasteiger partial charge in [0.1, 0.15) is 11.9 Å². The van der Waals surface area contributed by atoms with E-state index in [1.165, 1.54) is 0 Å². The number of benzene rings is 2. The van der Waals surface area contributed by atoms with Gasteiger partial charge in [-0.05, 0) is 36.2 Å². The molecule has 2 aromatic carbocycles. The molecule has 2 nitrogen and oxygen atoms in total. The molecule has 2 aromatic rings. The topological polar surface area (TPSA) is 35.2 Å². The number of hydrogen-bond donors (Lipinski definition) is 1. The number of nitrogens with two attached hydrogens (primary N) is 1. The molecule has 0 spiro atoms. The van der Waals surface area contributed by atoms with E-state index in [-0.39, 0.29) is 6.10 Å². The Morgan fingerprint density at radius 1 is 1.26 bits per heavy atom. The van der Waals surface area contributed by atoms with Crippen molar-refractivity contribution in [2.45, 2.75) is 13.0 Å². The molecule has 0 radical (unpaired) electrons. The predicted molar refractivity (Wildman–Crippen MR) is 82.8 cm³/mol. The summed E-state index contributed by atoms with van der Waals surface area (Å²) >= 11 is 9.53. The lowest BCUT2D eigenvalue weighted by atomic mass is 10.0. The molecule has 0 amide bonds. The molecule has 0 aliphatic heterocycles. The van der Waals surface area contributed by atoms with Crippen LogP contribution in [0.3, 0.4) is 0 Å². The van der Waals surface area contributed by atoms with Crippen LogP contribution in [-0.2, 0) is 0 Å². The lowest BCUT2D eigenvalue weighted by molar-refractivity contribution is 0.213. The zero-order valence-corrected chi connectivity index (χ0v) is 12.9. The fraction of sp³-hybridized carbons (Fsp3) is 0.200. The molecule has 0 saturated heterocycles. The van der Waals surface area contributed by atoms with E-state index in [2.05, 4.69) is 15.9 Å². The Morgan fingerprint density at radius 2 is 2.00 bits per heavy atom. The van der Waals surface area contributed by atoms with Crippen LogP contribution in [0.2, 0.25) is 5.02 Å². The van der Waals surface area contributed by atoms with E-state index in [1.54, 1.807) is 0 Å². The number of ether oxygens (including phenoxy) is 1. The molecule has 19 heavy (non-hydrogen) atoms. The van der Waals surface area contributed by atoms with Crippen molar-refractivity contribution in [1.29, 1.82) is 0 Å². The lowest BCUT2D eigenvalue weighted by Crippen LogP contribution is -2.19. The predicted octanol–water partition coefficient (Wildman–Crippen LogP) is 4.49. The van der Waals surface area contributed by atoms with Crippen LogP contribution in [0.15, 0.2) is 46.9 Å². The average molecular weight is 341 g/mol. The Balaban J connectivity index is 2.27. The van der Waals surface area contributed by atoms with Crippen molar-refractivity contribution in [2.75, 3.05) is 6.54 Å². The fourth-order valence-electron chi connectivity index (χ4n) is 1.91. The Kier molecular flexibility index (Phi) is 4.86. The number of hydrogen-bond acceptors (Lipinski definition) is 2. The molecular weight excluding hydrogens is 326 g/mol. The Hall–Kier alpha value is -1.03. The molecule has 0 aliphatic carbocycles. The van der Waals surface area contributed by atoms with Gasteiger partial charge in [0.2, 0.25) is 0 Å². The highest BCUT2D eigenvalue weighted by Crippen LogP contribution is 2.31. The van der Waals surface area contributed by atoms with Crippen molar-refractivity contribution in [3.63, 3.8) is 0 Å². The van der Waals surface area contributed by atoms with Crippen LogP contribution in [0.5, 0.6) is 5.75 Å². The first-order chi connectivity index (χ1) is 9.11. The monoisotopic (exact) mass is 339 g/mol. The van der Waals surface area contributed by atoms with Gasteiger partial charge in [0.05, 0.1) is 5.02 Å². The quantitative estimate of drug-likeness (QED) is 0.890. The molecule has 2 N–H and O–H groups in total. The maximum Gasteiger partial charge on any atom is 0.138 e. The molecule has 0 heterocycles. The maximum atomic E-state index is 6.16. The van der Waals surface area contributed by atoms with Crippen molar-refractivity contribution in [2.24, 2.45) is 5.73 Å². The van der Waals surface area contributed by atoms with E-state index < -0.39 is 0 Å². The summed E-state index contributed by atoms with van der Waals surface area (Å²) in [5.41, 5.74) is 8.07. The highest BCUT2D eigenvalue weighted by atomic mass is 79.9. The van der Waals surface area contributed by atoms with Gasteiger partial charge in [-0.15, -0.1) is 0 Å². The van der Waals surface area contributed by atoms with Crippen LogP contribution in [0.25, 0.3) is 0 Å². The Morgan fingerprint density at radius 3 is 2.63 bits per heavy atom. The molecule has 0 bridgehead atoms. The summed E-state index contributed by atoms with van der Waals surface area (Å²) in [6.07, 6.45) is -0.195. The van der Waals surface area contributed by atoms with Gasteiger partial charge in [-0.3, -0.25) is 0 Å². The van der Waals surface area contributed by atoms with Crippen LogP contribution in [-0.4, -0.2) is 6.54 Å². The highest BCUT2D eigenvalue weighted by molar-refractivity contribution is 9.10. The minimum atomic E-state index is -0.195.